The zero-order chi connectivity index (χ0) is 17.4. The number of rotatable bonds is 3. The first-order valence-corrected chi connectivity index (χ1v) is 7.30. The maximum Gasteiger partial charge on any atom is 0.342 e. The summed E-state index contributed by atoms with van der Waals surface area (Å²) in [5.41, 5.74) is 5.40. The maximum atomic E-state index is 12.1. The Morgan fingerprint density at radius 2 is 1.83 bits per heavy atom. The van der Waals surface area contributed by atoms with E-state index in [1.165, 1.54) is 0 Å². The van der Waals surface area contributed by atoms with Crippen molar-refractivity contribution in [2.45, 2.75) is 12.8 Å². The highest BCUT2D eigenvalue weighted by molar-refractivity contribution is 6.09. The van der Waals surface area contributed by atoms with Gasteiger partial charge in [0.05, 0.1) is 0 Å². The second-order valence-electron chi connectivity index (χ2n) is 5.47. The van der Waals surface area contributed by atoms with Crippen LogP contribution in [0.3, 0.4) is 0 Å². The van der Waals surface area contributed by atoms with Crippen LogP contribution in [0.4, 0.5) is 11.5 Å². The van der Waals surface area contributed by atoms with Gasteiger partial charge in [-0.15, -0.1) is 0 Å². The predicted octanol–water partition coefficient (Wildman–Crippen LogP) is 1.38. The normalized spacial score (nSPS) is 13.0. The van der Waals surface area contributed by atoms with Gasteiger partial charge in [0.15, 0.2) is 0 Å². The van der Waals surface area contributed by atoms with E-state index in [9.17, 15) is 24.6 Å². The summed E-state index contributed by atoms with van der Waals surface area (Å²) < 4.78 is 0. The topological polar surface area (TPSA) is 146 Å². The van der Waals surface area contributed by atoms with E-state index in [-0.39, 0.29) is 11.4 Å². The summed E-state index contributed by atoms with van der Waals surface area (Å²) in [6.07, 6.45) is 1.69. The Morgan fingerprint density at radius 1 is 1.12 bits per heavy atom. The first kappa shape index (κ1) is 15.6. The number of carbonyl (C=O) groups is 2. The average Bonchev–Trinajstić information content (AvgIpc) is 2.52. The fourth-order valence-corrected chi connectivity index (χ4v) is 3.03. The molecule has 1 aliphatic heterocycles. The monoisotopic (exact) mass is 329 g/mol. The molecule has 0 atom stereocenters. The molecule has 1 aliphatic rings. The third-order valence-corrected chi connectivity index (χ3v) is 4.02. The van der Waals surface area contributed by atoms with Crippen LogP contribution in [0.1, 0.15) is 32.7 Å². The third-order valence-electron chi connectivity index (χ3n) is 4.02. The van der Waals surface area contributed by atoms with Crippen LogP contribution in [0.25, 0.3) is 11.1 Å². The molecule has 3 rings (SSSR count). The Morgan fingerprint density at radius 3 is 2.50 bits per heavy atom. The lowest BCUT2D eigenvalue weighted by Gasteiger charge is -2.23. The predicted molar refractivity (Wildman–Crippen MR) is 87.6 cm³/mol. The number of carboxylic acids is 2. The highest BCUT2D eigenvalue weighted by Gasteiger charge is 2.28. The molecule has 8 nitrogen and oxygen atoms in total. The number of aromatic carboxylic acids is 2. The zero-order valence-electron chi connectivity index (χ0n) is 12.5. The van der Waals surface area contributed by atoms with Gasteiger partial charge in [-0.05, 0) is 18.4 Å². The molecule has 0 radical (unpaired) electrons. The van der Waals surface area contributed by atoms with Crippen molar-refractivity contribution in [3.05, 3.63) is 45.2 Å². The van der Waals surface area contributed by atoms with Crippen LogP contribution < -0.4 is 16.6 Å². The van der Waals surface area contributed by atoms with Crippen LogP contribution in [-0.4, -0.2) is 33.7 Å². The smallest absolute Gasteiger partial charge is 0.342 e. The van der Waals surface area contributed by atoms with Crippen LogP contribution in [0.2, 0.25) is 0 Å². The third kappa shape index (κ3) is 2.37. The van der Waals surface area contributed by atoms with Crippen LogP contribution in [-0.2, 0) is 6.42 Å². The minimum atomic E-state index is -1.51. The number of fused-ring (bicyclic) bond motifs is 1. The molecule has 2 heterocycles. The van der Waals surface area contributed by atoms with Gasteiger partial charge in [-0.2, -0.15) is 0 Å². The number of nitrogen functional groups attached to an aromatic ring is 1. The van der Waals surface area contributed by atoms with Crippen LogP contribution >= 0.6 is 0 Å². The molecule has 0 aliphatic carbocycles. The molecule has 124 valence electrons. The minimum Gasteiger partial charge on any atom is -0.478 e. The molecule has 6 N–H and O–H groups in total. The number of nitrogens with two attached hydrogens (primary N) is 1. The molecule has 1 aromatic heterocycles. The molecule has 0 amide bonds. The molecule has 2 aromatic rings. The summed E-state index contributed by atoms with van der Waals surface area (Å²) in [5.74, 6) is -3.29. The van der Waals surface area contributed by atoms with Crippen molar-refractivity contribution in [1.29, 1.82) is 0 Å². The van der Waals surface area contributed by atoms with E-state index < -0.39 is 28.6 Å². The lowest BCUT2D eigenvalue weighted by Crippen LogP contribution is -2.25. The number of hydrogen-bond acceptors (Lipinski definition) is 5. The van der Waals surface area contributed by atoms with Crippen molar-refractivity contribution in [3.8, 4) is 11.1 Å². The van der Waals surface area contributed by atoms with Gasteiger partial charge in [-0.3, -0.25) is 4.79 Å². The van der Waals surface area contributed by atoms with E-state index in [4.69, 9.17) is 5.73 Å². The number of aryl methyl sites for hydroxylation is 1. The second kappa shape index (κ2) is 5.73. The molecule has 8 heteroatoms. The number of nitrogens with one attached hydrogen (secondary N) is 2. The Balaban J connectivity index is 2.46. The first-order chi connectivity index (χ1) is 11.4. The summed E-state index contributed by atoms with van der Waals surface area (Å²) in [6.45, 7) is 0.674. The van der Waals surface area contributed by atoms with Gasteiger partial charge < -0.3 is 26.2 Å². The minimum absolute atomic E-state index is 0.178. The molecule has 0 saturated carbocycles. The SMILES string of the molecule is Nc1[nH]c(=O)c(C(=O)O)c(-c2cccc3c2NCCC3)c1C(=O)O. The highest BCUT2D eigenvalue weighted by Crippen LogP contribution is 2.38. The van der Waals surface area contributed by atoms with Gasteiger partial charge in [-0.1, -0.05) is 18.2 Å². The summed E-state index contributed by atoms with van der Waals surface area (Å²) in [6, 6.07) is 5.17. The van der Waals surface area contributed by atoms with Crippen molar-refractivity contribution in [2.24, 2.45) is 0 Å². The van der Waals surface area contributed by atoms with E-state index in [1.54, 1.807) is 12.1 Å². The molecular weight excluding hydrogens is 314 g/mol. The fourth-order valence-electron chi connectivity index (χ4n) is 3.03. The standard InChI is InChI=1S/C16H15N3O5/c17-13-10(15(21)22)9(11(16(23)24)14(20)19-13)8-5-1-3-7-4-2-6-18-12(7)8/h1,3,5,18H,2,4,6H2,(H,21,22)(H,23,24)(H3,17,19,20). The lowest BCUT2D eigenvalue weighted by atomic mass is 9.90. The average molecular weight is 329 g/mol. The summed E-state index contributed by atoms with van der Waals surface area (Å²) in [5, 5.41) is 22.1. The second-order valence-corrected chi connectivity index (χ2v) is 5.47. The van der Waals surface area contributed by atoms with Crippen molar-refractivity contribution >= 4 is 23.4 Å². The summed E-state index contributed by atoms with van der Waals surface area (Å²) >= 11 is 0. The number of carboxylic acid groups (broad SMARTS) is 2. The molecule has 0 spiro atoms. The van der Waals surface area contributed by atoms with E-state index in [2.05, 4.69) is 10.3 Å². The fraction of sp³-hybridized carbons (Fsp3) is 0.188. The van der Waals surface area contributed by atoms with E-state index >= 15 is 0 Å². The summed E-state index contributed by atoms with van der Waals surface area (Å²) in [4.78, 5) is 37.4. The largest absolute Gasteiger partial charge is 0.478 e. The van der Waals surface area contributed by atoms with Crippen LogP contribution in [0, 0.1) is 0 Å². The Kier molecular flexibility index (Phi) is 3.72. The number of benzene rings is 1. The molecular formula is C16H15N3O5. The number of anilines is 2. The number of pyridine rings is 1. The number of aromatic nitrogens is 1. The van der Waals surface area contributed by atoms with Gasteiger partial charge in [0.25, 0.3) is 5.56 Å². The molecule has 1 aromatic carbocycles. The van der Waals surface area contributed by atoms with E-state index in [1.807, 2.05) is 6.07 Å². The summed E-state index contributed by atoms with van der Waals surface area (Å²) in [7, 11) is 0. The number of hydrogen-bond donors (Lipinski definition) is 5. The van der Waals surface area contributed by atoms with Crippen molar-refractivity contribution in [1.82, 2.24) is 4.98 Å². The number of aromatic amines is 1. The molecule has 0 unspecified atom stereocenters. The highest BCUT2D eigenvalue weighted by atomic mass is 16.4. The quantitative estimate of drug-likeness (QED) is 0.571. The molecule has 0 saturated heterocycles. The lowest BCUT2D eigenvalue weighted by molar-refractivity contribution is 0.0695. The Labute approximate surface area is 135 Å². The first-order valence-electron chi connectivity index (χ1n) is 7.30. The van der Waals surface area contributed by atoms with Crippen molar-refractivity contribution in [2.75, 3.05) is 17.6 Å². The van der Waals surface area contributed by atoms with E-state index in [0.717, 1.165) is 18.4 Å². The van der Waals surface area contributed by atoms with E-state index in [0.29, 0.717) is 17.8 Å². The van der Waals surface area contributed by atoms with Gasteiger partial charge >= 0.3 is 11.9 Å². The molecule has 0 fully saturated rings. The van der Waals surface area contributed by atoms with Crippen molar-refractivity contribution in [3.63, 3.8) is 0 Å². The maximum absolute atomic E-state index is 12.1. The van der Waals surface area contributed by atoms with Crippen molar-refractivity contribution < 1.29 is 19.8 Å². The number of para-hydroxylation sites is 1. The number of H-pyrrole nitrogens is 1. The molecule has 0 bridgehead atoms. The van der Waals surface area contributed by atoms with Crippen LogP contribution in [0.5, 0.6) is 0 Å². The Bertz CT molecular complexity index is 917. The Hall–Kier alpha value is -3.29. The molecule has 24 heavy (non-hydrogen) atoms. The zero-order valence-corrected chi connectivity index (χ0v) is 12.5. The van der Waals surface area contributed by atoms with Crippen LogP contribution in [0.15, 0.2) is 23.0 Å². The van der Waals surface area contributed by atoms with Gasteiger partial charge in [-0.25, -0.2) is 9.59 Å². The van der Waals surface area contributed by atoms with Gasteiger partial charge in [0.1, 0.15) is 16.9 Å². The van der Waals surface area contributed by atoms with Gasteiger partial charge in [0.2, 0.25) is 0 Å². The van der Waals surface area contributed by atoms with Gasteiger partial charge in [0, 0.05) is 23.4 Å².